The molecule has 94 valence electrons. The van der Waals surface area contributed by atoms with E-state index in [1.165, 1.54) is 0 Å². The molecule has 0 amide bonds. The number of hydrogen-bond acceptors (Lipinski definition) is 4. The van der Waals surface area contributed by atoms with Crippen LogP contribution in [0.25, 0.3) is 0 Å². The minimum Gasteiger partial charge on any atom is -0.344 e. The van der Waals surface area contributed by atoms with Crippen molar-refractivity contribution in [3.05, 3.63) is 17.7 Å². The summed E-state index contributed by atoms with van der Waals surface area (Å²) in [5, 5.41) is 0. The van der Waals surface area contributed by atoms with Crippen molar-refractivity contribution >= 4 is 9.84 Å². The molecule has 17 heavy (non-hydrogen) atoms. The second-order valence-corrected chi connectivity index (χ2v) is 7.57. The van der Waals surface area contributed by atoms with Gasteiger partial charge in [-0.05, 0) is 25.7 Å². The minimum absolute atomic E-state index is 0.237. The molecule has 0 aromatic carbocycles. The van der Waals surface area contributed by atoms with Crippen LogP contribution in [0.3, 0.4) is 0 Å². The maximum atomic E-state index is 11.4. The van der Waals surface area contributed by atoms with Gasteiger partial charge < -0.3 is 10.7 Å². The maximum absolute atomic E-state index is 11.4. The van der Waals surface area contributed by atoms with Crippen molar-refractivity contribution in [1.29, 1.82) is 0 Å². The molecular formula is C11H17N3O2S. The molecular weight excluding hydrogens is 238 g/mol. The van der Waals surface area contributed by atoms with Crippen LogP contribution in [0.5, 0.6) is 0 Å². The number of imidazole rings is 1. The number of nitrogens with two attached hydrogens (primary N) is 1. The van der Waals surface area contributed by atoms with E-state index in [-0.39, 0.29) is 5.54 Å². The van der Waals surface area contributed by atoms with Gasteiger partial charge in [0.25, 0.3) is 0 Å². The topological polar surface area (TPSA) is 88.8 Å². The molecule has 2 fully saturated rings. The maximum Gasteiger partial charge on any atom is 0.150 e. The van der Waals surface area contributed by atoms with Crippen LogP contribution >= 0.6 is 0 Å². The van der Waals surface area contributed by atoms with Crippen LogP contribution in [0.15, 0.2) is 6.20 Å². The monoisotopic (exact) mass is 255 g/mol. The Labute approximate surface area is 101 Å². The summed E-state index contributed by atoms with van der Waals surface area (Å²) in [4.78, 5) is 7.61. The van der Waals surface area contributed by atoms with Crippen LogP contribution in [-0.2, 0) is 15.4 Å². The Morgan fingerprint density at radius 3 is 2.59 bits per heavy atom. The van der Waals surface area contributed by atoms with Crippen LogP contribution in [0.1, 0.15) is 43.1 Å². The highest BCUT2D eigenvalue weighted by molar-refractivity contribution is 7.91. The Kier molecular flexibility index (Phi) is 2.35. The fourth-order valence-corrected chi connectivity index (χ4v) is 3.86. The molecule has 2 heterocycles. The van der Waals surface area contributed by atoms with Crippen molar-refractivity contribution < 1.29 is 8.42 Å². The van der Waals surface area contributed by atoms with Crippen molar-refractivity contribution in [2.45, 2.75) is 37.1 Å². The molecule has 6 heteroatoms. The van der Waals surface area contributed by atoms with Crippen molar-refractivity contribution in [3.8, 4) is 0 Å². The summed E-state index contributed by atoms with van der Waals surface area (Å²) < 4.78 is 22.7. The third-order valence-corrected chi connectivity index (χ3v) is 5.57. The number of hydrogen-bond donors (Lipinski definition) is 2. The predicted molar refractivity (Wildman–Crippen MR) is 64.3 cm³/mol. The summed E-state index contributed by atoms with van der Waals surface area (Å²) in [5.41, 5.74) is 6.87. The van der Waals surface area contributed by atoms with E-state index < -0.39 is 9.84 Å². The Hall–Kier alpha value is -0.880. The molecule has 0 bridgehead atoms. The zero-order valence-electron chi connectivity index (χ0n) is 9.65. The van der Waals surface area contributed by atoms with E-state index in [1.807, 2.05) is 6.20 Å². The van der Waals surface area contributed by atoms with E-state index in [0.29, 0.717) is 30.3 Å². The number of sulfone groups is 1. The molecule has 2 aliphatic rings. The molecule has 1 aromatic heterocycles. The number of nitrogens with zero attached hydrogens (tertiary/aromatic N) is 1. The minimum atomic E-state index is -2.79. The molecule has 1 aliphatic heterocycles. The van der Waals surface area contributed by atoms with E-state index in [1.54, 1.807) is 0 Å². The Balaban J connectivity index is 1.75. The first kappa shape index (κ1) is 11.2. The van der Waals surface area contributed by atoms with Crippen LogP contribution in [-0.4, -0.2) is 29.9 Å². The average Bonchev–Trinajstić information content (AvgIpc) is 2.84. The lowest BCUT2D eigenvalue weighted by Gasteiger charge is -2.20. The lowest BCUT2D eigenvalue weighted by atomic mass is 10.00. The standard InChI is InChI=1S/C11H17N3O2S/c12-11(3-4-11)10-13-7-9(14-10)8-1-5-17(15,16)6-2-8/h7-8H,1-6,12H2,(H,13,14). The first-order valence-electron chi connectivity index (χ1n) is 6.03. The third kappa shape index (κ3) is 2.11. The SMILES string of the molecule is NC1(c2ncc(C3CCS(=O)(=O)CC3)[nH]2)CC1. The van der Waals surface area contributed by atoms with Crippen molar-refractivity contribution in [1.82, 2.24) is 9.97 Å². The molecule has 3 N–H and O–H groups in total. The van der Waals surface area contributed by atoms with Gasteiger partial charge in [0.15, 0.2) is 0 Å². The van der Waals surface area contributed by atoms with Gasteiger partial charge in [-0.15, -0.1) is 0 Å². The van der Waals surface area contributed by atoms with Gasteiger partial charge in [0, 0.05) is 17.8 Å². The van der Waals surface area contributed by atoms with E-state index >= 15 is 0 Å². The Bertz CT molecular complexity index is 517. The van der Waals surface area contributed by atoms with Gasteiger partial charge in [0.2, 0.25) is 0 Å². The van der Waals surface area contributed by atoms with Gasteiger partial charge >= 0.3 is 0 Å². The van der Waals surface area contributed by atoms with E-state index in [9.17, 15) is 8.42 Å². The van der Waals surface area contributed by atoms with Gasteiger partial charge in [-0.3, -0.25) is 0 Å². The van der Waals surface area contributed by atoms with Crippen molar-refractivity contribution in [2.75, 3.05) is 11.5 Å². The zero-order chi connectivity index (χ0) is 12.1. The predicted octanol–water partition coefficient (Wildman–Crippen LogP) is 0.650. The quantitative estimate of drug-likeness (QED) is 0.812. The van der Waals surface area contributed by atoms with Gasteiger partial charge in [-0.1, -0.05) is 0 Å². The molecule has 1 aromatic rings. The lowest BCUT2D eigenvalue weighted by Crippen LogP contribution is -2.23. The molecule has 1 saturated carbocycles. The molecule has 1 saturated heterocycles. The molecule has 0 unspecified atom stereocenters. The Morgan fingerprint density at radius 1 is 1.35 bits per heavy atom. The third-order valence-electron chi connectivity index (χ3n) is 3.85. The summed E-state index contributed by atoms with van der Waals surface area (Å²) in [5.74, 6) is 1.74. The van der Waals surface area contributed by atoms with Crippen LogP contribution in [0, 0.1) is 0 Å². The van der Waals surface area contributed by atoms with E-state index in [2.05, 4.69) is 9.97 Å². The number of nitrogens with one attached hydrogen (secondary N) is 1. The van der Waals surface area contributed by atoms with Crippen molar-refractivity contribution in [3.63, 3.8) is 0 Å². The van der Waals surface area contributed by atoms with Crippen molar-refractivity contribution in [2.24, 2.45) is 5.73 Å². The van der Waals surface area contributed by atoms with E-state index in [4.69, 9.17) is 5.73 Å². The van der Waals surface area contributed by atoms with Crippen LogP contribution in [0.2, 0.25) is 0 Å². The molecule has 1 aliphatic carbocycles. The summed E-state index contributed by atoms with van der Waals surface area (Å²) in [7, 11) is -2.79. The number of rotatable bonds is 2. The highest BCUT2D eigenvalue weighted by Crippen LogP contribution is 2.41. The largest absolute Gasteiger partial charge is 0.344 e. The molecule has 5 nitrogen and oxygen atoms in total. The smallest absolute Gasteiger partial charge is 0.150 e. The first-order valence-corrected chi connectivity index (χ1v) is 7.85. The van der Waals surface area contributed by atoms with Crippen LogP contribution in [0.4, 0.5) is 0 Å². The molecule has 0 atom stereocenters. The molecule has 3 rings (SSSR count). The fraction of sp³-hybridized carbons (Fsp3) is 0.727. The molecule has 0 spiro atoms. The second-order valence-electron chi connectivity index (χ2n) is 5.27. The number of aromatic amines is 1. The zero-order valence-corrected chi connectivity index (χ0v) is 10.5. The second kappa shape index (κ2) is 3.55. The first-order chi connectivity index (χ1) is 7.99. The lowest BCUT2D eigenvalue weighted by molar-refractivity contribution is 0.544. The Morgan fingerprint density at radius 2 is 2.00 bits per heavy atom. The summed E-state index contributed by atoms with van der Waals surface area (Å²) >= 11 is 0. The van der Waals surface area contributed by atoms with Gasteiger partial charge in [0.05, 0.1) is 17.0 Å². The summed E-state index contributed by atoms with van der Waals surface area (Å²) in [6.45, 7) is 0. The van der Waals surface area contributed by atoms with Gasteiger partial charge in [0.1, 0.15) is 15.7 Å². The van der Waals surface area contributed by atoms with Gasteiger partial charge in [-0.2, -0.15) is 0 Å². The van der Waals surface area contributed by atoms with Gasteiger partial charge in [-0.25, -0.2) is 13.4 Å². The van der Waals surface area contributed by atoms with E-state index in [0.717, 1.165) is 24.4 Å². The number of aromatic nitrogens is 2. The number of H-pyrrole nitrogens is 1. The highest BCUT2D eigenvalue weighted by Gasteiger charge is 2.43. The summed E-state index contributed by atoms with van der Waals surface area (Å²) in [6, 6.07) is 0. The molecule has 0 radical (unpaired) electrons. The van der Waals surface area contributed by atoms with Crippen LogP contribution < -0.4 is 5.73 Å². The average molecular weight is 255 g/mol. The summed E-state index contributed by atoms with van der Waals surface area (Å²) in [6.07, 6.45) is 5.19. The fourth-order valence-electron chi connectivity index (χ4n) is 2.37. The normalized spacial score (nSPS) is 26.9. The highest BCUT2D eigenvalue weighted by atomic mass is 32.2.